The molecule has 2 rings (SSSR count). The standard InChI is InChI=1S/C20H28N4O4S/c1-20(2,3)28-19(26)24-17(12-29-11-15-10-21-13-23-15)18(25)22-9-14-5-7-16(27-4)8-6-14/h5-8,10,13,17H,9,11-12H2,1-4H3,(H,21,23)(H,22,25)(H,24,26)/t17-/m0/s1. The van der Waals surface area contributed by atoms with Crippen LogP contribution in [0.3, 0.4) is 0 Å². The van der Waals surface area contributed by atoms with E-state index in [4.69, 9.17) is 9.47 Å². The van der Waals surface area contributed by atoms with E-state index < -0.39 is 17.7 Å². The minimum absolute atomic E-state index is 0.277. The van der Waals surface area contributed by atoms with Gasteiger partial charge in [-0.25, -0.2) is 9.78 Å². The van der Waals surface area contributed by atoms with E-state index in [0.29, 0.717) is 18.1 Å². The highest BCUT2D eigenvalue weighted by molar-refractivity contribution is 7.98. The zero-order chi connectivity index (χ0) is 21.3. The molecule has 0 unspecified atom stereocenters. The van der Waals surface area contributed by atoms with Crippen LogP contribution in [0.4, 0.5) is 4.79 Å². The summed E-state index contributed by atoms with van der Waals surface area (Å²) in [5.74, 6) is 1.49. The number of carbonyl (C=O) groups is 2. The molecule has 3 N–H and O–H groups in total. The molecule has 0 aliphatic rings. The second kappa shape index (κ2) is 10.8. The molecule has 1 aromatic heterocycles. The first kappa shape index (κ1) is 22.6. The van der Waals surface area contributed by atoms with E-state index in [1.807, 2.05) is 24.3 Å². The first-order valence-corrected chi connectivity index (χ1v) is 10.4. The highest BCUT2D eigenvalue weighted by Crippen LogP contribution is 2.13. The Morgan fingerprint density at radius 3 is 2.55 bits per heavy atom. The summed E-state index contributed by atoms with van der Waals surface area (Å²) in [5, 5.41) is 5.53. The zero-order valence-corrected chi connectivity index (χ0v) is 18.0. The first-order valence-electron chi connectivity index (χ1n) is 9.22. The fourth-order valence-corrected chi connectivity index (χ4v) is 3.29. The molecule has 2 aromatic rings. The van der Waals surface area contributed by atoms with Gasteiger partial charge in [0.15, 0.2) is 0 Å². The maximum atomic E-state index is 12.7. The van der Waals surface area contributed by atoms with Crippen molar-refractivity contribution in [2.45, 2.75) is 44.7 Å². The van der Waals surface area contributed by atoms with Gasteiger partial charge in [-0.2, -0.15) is 11.8 Å². The summed E-state index contributed by atoms with van der Waals surface area (Å²) >= 11 is 1.50. The van der Waals surface area contributed by atoms with Crippen LogP contribution in [-0.4, -0.2) is 46.5 Å². The molecule has 2 amide bonds. The average Bonchev–Trinajstić information content (AvgIpc) is 3.17. The van der Waals surface area contributed by atoms with Crippen molar-refractivity contribution >= 4 is 23.8 Å². The Morgan fingerprint density at radius 1 is 1.24 bits per heavy atom. The molecule has 0 radical (unpaired) electrons. The number of rotatable bonds is 9. The van der Waals surface area contributed by atoms with Crippen LogP contribution >= 0.6 is 11.8 Å². The predicted octanol–water partition coefficient (Wildman–Crippen LogP) is 2.86. The number of carbonyl (C=O) groups excluding carboxylic acids is 2. The third-order valence-corrected chi connectivity index (χ3v) is 4.79. The van der Waals surface area contributed by atoms with E-state index in [0.717, 1.165) is 17.0 Å². The van der Waals surface area contributed by atoms with Crippen LogP contribution in [-0.2, 0) is 21.8 Å². The normalized spacial score (nSPS) is 12.1. The number of aromatic amines is 1. The molecule has 0 bridgehead atoms. The molecule has 9 heteroatoms. The molecular weight excluding hydrogens is 392 g/mol. The Kier molecular flexibility index (Phi) is 8.38. The van der Waals surface area contributed by atoms with E-state index in [-0.39, 0.29) is 5.91 Å². The molecule has 29 heavy (non-hydrogen) atoms. The van der Waals surface area contributed by atoms with Crippen molar-refractivity contribution < 1.29 is 19.1 Å². The number of nitrogens with zero attached hydrogens (tertiary/aromatic N) is 1. The summed E-state index contributed by atoms with van der Waals surface area (Å²) < 4.78 is 10.4. The van der Waals surface area contributed by atoms with Gasteiger partial charge in [-0.15, -0.1) is 0 Å². The number of nitrogens with one attached hydrogen (secondary N) is 3. The summed E-state index contributed by atoms with van der Waals surface area (Å²) in [5.41, 5.74) is 1.17. The number of benzene rings is 1. The smallest absolute Gasteiger partial charge is 0.408 e. The summed E-state index contributed by atoms with van der Waals surface area (Å²) in [6.07, 6.45) is 2.78. The lowest BCUT2D eigenvalue weighted by Gasteiger charge is -2.23. The molecule has 0 spiro atoms. The highest BCUT2D eigenvalue weighted by Gasteiger charge is 2.24. The van der Waals surface area contributed by atoms with Crippen LogP contribution < -0.4 is 15.4 Å². The Labute approximate surface area is 175 Å². The lowest BCUT2D eigenvalue weighted by Crippen LogP contribution is -2.49. The van der Waals surface area contributed by atoms with Crippen LogP contribution in [0.5, 0.6) is 5.75 Å². The lowest BCUT2D eigenvalue weighted by atomic mass is 10.2. The Hall–Kier alpha value is -2.68. The summed E-state index contributed by atoms with van der Waals surface area (Å²) in [4.78, 5) is 31.9. The summed E-state index contributed by atoms with van der Waals surface area (Å²) in [7, 11) is 1.60. The van der Waals surface area contributed by atoms with Gasteiger partial charge in [0.1, 0.15) is 17.4 Å². The number of amides is 2. The minimum Gasteiger partial charge on any atom is -0.497 e. The van der Waals surface area contributed by atoms with Crippen LogP contribution in [0.25, 0.3) is 0 Å². The number of imidazole rings is 1. The SMILES string of the molecule is COc1ccc(CNC(=O)[C@H](CSCc2c[nH]cn2)NC(=O)OC(C)(C)C)cc1. The number of alkyl carbamates (subject to hydrolysis) is 1. The van der Waals surface area contributed by atoms with E-state index in [1.165, 1.54) is 11.8 Å². The number of ether oxygens (including phenoxy) is 2. The third kappa shape index (κ3) is 8.47. The molecule has 158 valence electrons. The van der Waals surface area contributed by atoms with Gasteiger partial charge in [-0.3, -0.25) is 4.79 Å². The van der Waals surface area contributed by atoms with Crippen molar-refractivity contribution in [1.29, 1.82) is 0 Å². The zero-order valence-electron chi connectivity index (χ0n) is 17.2. The van der Waals surface area contributed by atoms with Crippen LogP contribution in [0, 0.1) is 0 Å². The van der Waals surface area contributed by atoms with Crippen molar-refractivity contribution in [3.8, 4) is 5.75 Å². The molecule has 0 aliphatic heterocycles. The molecule has 1 heterocycles. The van der Waals surface area contributed by atoms with E-state index >= 15 is 0 Å². The number of aromatic nitrogens is 2. The number of hydrogen-bond donors (Lipinski definition) is 3. The Bertz CT molecular complexity index is 773. The predicted molar refractivity (Wildman–Crippen MR) is 113 cm³/mol. The molecule has 1 aromatic carbocycles. The van der Waals surface area contributed by atoms with Crippen molar-refractivity contribution in [2.24, 2.45) is 0 Å². The maximum Gasteiger partial charge on any atom is 0.408 e. The van der Waals surface area contributed by atoms with E-state index in [2.05, 4.69) is 20.6 Å². The highest BCUT2D eigenvalue weighted by atomic mass is 32.2. The van der Waals surface area contributed by atoms with Crippen LogP contribution in [0.2, 0.25) is 0 Å². The molecule has 0 fully saturated rings. The van der Waals surface area contributed by atoms with Crippen molar-refractivity contribution in [3.63, 3.8) is 0 Å². The number of thioether (sulfide) groups is 1. The molecule has 1 atom stereocenters. The third-order valence-electron chi connectivity index (χ3n) is 3.72. The molecule has 0 aliphatic carbocycles. The fraction of sp³-hybridized carbons (Fsp3) is 0.450. The number of methoxy groups -OCH3 is 1. The Morgan fingerprint density at radius 2 is 1.97 bits per heavy atom. The second-order valence-corrected chi connectivity index (χ2v) is 8.37. The molecule has 0 saturated heterocycles. The van der Waals surface area contributed by atoms with Gasteiger partial charge < -0.3 is 25.1 Å². The molecule has 0 saturated carbocycles. The minimum atomic E-state index is -0.730. The average molecular weight is 421 g/mol. The van der Waals surface area contributed by atoms with Gasteiger partial charge in [0.25, 0.3) is 0 Å². The van der Waals surface area contributed by atoms with Gasteiger partial charge in [0.2, 0.25) is 5.91 Å². The topological polar surface area (TPSA) is 105 Å². The van der Waals surface area contributed by atoms with Crippen molar-refractivity contribution in [2.75, 3.05) is 12.9 Å². The van der Waals surface area contributed by atoms with Gasteiger partial charge in [0.05, 0.1) is 19.1 Å². The fourth-order valence-electron chi connectivity index (χ4n) is 2.34. The van der Waals surface area contributed by atoms with E-state index in [9.17, 15) is 9.59 Å². The monoisotopic (exact) mass is 420 g/mol. The van der Waals surface area contributed by atoms with Gasteiger partial charge >= 0.3 is 6.09 Å². The van der Waals surface area contributed by atoms with Crippen molar-refractivity contribution in [3.05, 3.63) is 48.0 Å². The quantitative estimate of drug-likeness (QED) is 0.576. The molecular formula is C20H28N4O4S. The van der Waals surface area contributed by atoms with Crippen LogP contribution in [0.1, 0.15) is 32.0 Å². The Balaban J connectivity index is 1.93. The van der Waals surface area contributed by atoms with Crippen molar-refractivity contribution in [1.82, 2.24) is 20.6 Å². The maximum absolute atomic E-state index is 12.7. The van der Waals surface area contributed by atoms with Gasteiger partial charge in [-0.1, -0.05) is 12.1 Å². The molecule has 8 nitrogen and oxygen atoms in total. The number of H-pyrrole nitrogens is 1. The van der Waals surface area contributed by atoms with Crippen LogP contribution in [0.15, 0.2) is 36.8 Å². The largest absolute Gasteiger partial charge is 0.497 e. The van der Waals surface area contributed by atoms with Gasteiger partial charge in [-0.05, 0) is 38.5 Å². The second-order valence-electron chi connectivity index (χ2n) is 7.34. The van der Waals surface area contributed by atoms with E-state index in [1.54, 1.807) is 40.4 Å². The first-order chi connectivity index (χ1) is 13.8. The summed E-state index contributed by atoms with van der Waals surface area (Å²) in [6.45, 7) is 5.67. The van der Waals surface area contributed by atoms with Gasteiger partial charge in [0, 0.05) is 24.2 Å². The lowest BCUT2D eigenvalue weighted by molar-refractivity contribution is -0.122. The summed E-state index contributed by atoms with van der Waals surface area (Å²) in [6, 6.07) is 6.69. The number of hydrogen-bond acceptors (Lipinski definition) is 6.